The Morgan fingerprint density at radius 1 is 0.938 bits per heavy atom. The van der Waals surface area contributed by atoms with Crippen molar-refractivity contribution >= 4 is 10.9 Å². The number of benzene rings is 3. The summed E-state index contributed by atoms with van der Waals surface area (Å²) in [5.74, 6) is 0.793. The quantitative estimate of drug-likeness (QED) is 0.426. The van der Waals surface area contributed by atoms with Crippen molar-refractivity contribution in [3.8, 4) is 17.2 Å². The van der Waals surface area contributed by atoms with E-state index in [1.54, 1.807) is 52.9 Å². The topological polar surface area (TPSA) is 51.5 Å². The Morgan fingerprint density at radius 3 is 2.25 bits per heavy atom. The smallest absolute Gasteiger partial charge is 0.192 e. The summed E-state index contributed by atoms with van der Waals surface area (Å²) in [7, 11) is 0. The van der Waals surface area contributed by atoms with Gasteiger partial charge in [0.25, 0.3) is 0 Å². The van der Waals surface area contributed by atoms with E-state index in [0.717, 1.165) is 5.52 Å². The van der Waals surface area contributed by atoms with Crippen LogP contribution in [0.4, 0.5) is 4.39 Å². The van der Waals surface area contributed by atoms with Gasteiger partial charge in [0.15, 0.2) is 11.2 Å². The number of rotatable bonds is 4. The number of fused-ring (bicyclic) bond motifs is 1. The SMILES string of the molecule is Cc1cc(F)cc(C)c1Oc1ccc(C(C)(C)O)cc1-n1cc(C)c(=O)c2ccccc21. The van der Waals surface area contributed by atoms with Crippen molar-refractivity contribution in [2.45, 2.75) is 40.2 Å². The van der Waals surface area contributed by atoms with Gasteiger partial charge in [-0.3, -0.25) is 4.79 Å². The predicted molar refractivity (Wildman–Crippen MR) is 125 cm³/mol. The van der Waals surface area contributed by atoms with Crippen LogP contribution in [0.15, 0.2) is 65.6 Å². The average Bonchev–Trinajstić information content (AvgIpc) is 2.72. The van der Waals surface area contributed by atoms with Gasteiger partial charge in [-0.2, -0.15) is 0 Å². The highest BCUT2D eigenvalue weighted by Gasteiger charge is 2.21. The normalized spacial score (nSPS) is 11.7. The van der Waals surface area contributed by atoms with Crippen LogP contribution in [-0.2, 0) is 5.60 Å². The van der Waals surface area contributed by atoms with Crippen LogP contribution in [-0.4, -0.2) is 9.67 Å². The number of hydrogen-bond donors (Lipinski definition) is 1. The van der Waals surface area contributed by atoms with E-state index in [0.29, 0.717) is 44.8 Å². The van der Waals surface area contributed by atoms with Gasteiger partial charge in [-0.1, -0.05) is 18.2 Å². The zero-order valence-corrected chi connectivity index (χ0v) is 18.9. The van der Waals surface area contributed by atoms with E-state index < -0.39 is 5.60 Å². The maximum atomic E-state index is 13.8. The predicted octanol–water partition coefficient (Wildman–Crippen LogP) is 6.07. The Balaban J connectivity index is 2.01. The van der Waals surface area contributed by atoms with Crippen LogP contribution < -0.4 is 10.2 Å². The fourth-order valence-electron chi connectivity index (χ4n) is 3.95. The highest BCUT2D eigenvalue weighted by molar-refractivity contribution is 5.82. The highest BCUT2D eigenvalue weighted by atomic mass is 19.1. The Morgan fingerprint density at radius 2 is 1.59 bits per heavy atom. The molecule has 0 aliphatic heterocycles. The number of nitrogens with zero attached hydrogens (tertiary/aromatic N) is 1. The lowest BCUT2D eigenvalue weighted by Gasteiger charge is -2.23. The molecule has 1 N–H and O–H groups in total. The number of aryl methyl sites for hydroxylation is 3. The minimum atomic E-state index is -1.07. The summed E-state index contributed by atoms with van der Waals surface area (Å²) in [6, 6.07) is 15.7. The molecule has 4 aromatic rings. The van der Waals surface area contributed by atoms with Crippen LogP contribution in [0, 0.1) is 26.6 Å². The molecule has 0 fully saturated rings. The largest absolute Gasteiger partial charge is 0.455 e. The summed E-state index contributed by atoms with van der Waals surface area (Å²) in [6.07, 6.45) is 1.78. The number of pyridine rings is 1. The first-order valence-electron chi connectivity index (χ1n) is 10.5. The van der Waals surface area contributed by atoms with E-state index >= 15 is 0 Å². The van der Waals surface area contributed by atoms with E-state index in [2.05, 4.69) is 0 Å². The maximum absolute atomic E-state index is 13.8. The van der Waals surface area contributed by atoms with Crippen molar-refractivity contribution in [2.75, 3.05) is 0 Å². The van der Waals surface area contributed by atoms with Gasteiger partial charge in [0, 0.05) is 17.1 Å². The highest BCUT2D eigenvalue weighted by Crippen LogP contribution is 2.36. The first-order chi connectivity index (χ1) is 15.1. The number of ether oxygens (including phenoxy) is 1. The second-order valence-corrected chi connectivity index (χ2v) is 8.74. The van der Waals surface area contributed by atoms with Gasteiger partial charge in [0.05, 0.1) is 16.8 Å². The third-order valence-corrected chi connectivity index (χ3v) is 5.65. The van der Waals surface area contributed by atoms with Gasteiger partial charge in [0.2, 0.25) is 0 Å². The van der Waals surface area contributed by atoms with Crippen molar-refractivity contribution in [1.82, 2.24) is 4.57 Å². The van der Waals surface area contributed by atoms with Crippen molar-refractivity contribution in [2.24, 2.45) is 0 Å². The Labute approximate surface area is 186 Å². The molecule has 32 heavy (non-hydrogen) atoms. The zero-order valence-electron chi connectivity index (χ0n) is 18.9. The molecule has 5 heteroatoms. The molecule has 0 aliphatic carbocycles. The molecule has 0 saturated heterocycles. The van der Waals surface area contributed by atoms with E-state index in [1.807, 2.05) is 34.9 Å². The minimum Gasteiger partial charge on any atom is -0.455 e. The number of aliphatic hydroxyl groups is 1. The summed E-state index contributed by atoms with van der Waals surface area (Å²) in [5, 5.41) is 11.2. The molecule has 0 spiro atoms. The van der Waals surface area contributed by atoms with Gasteiger partial charge in [0.1, 0.15) is 11.6 Å². The third-order valence-electron chi connectivity index (χ3n) is 5.65. The minimum absolute atomic E-state index is 0.0248. The molecule has 0 unspecified atom stereocenters. The molecule has 1 aromatic heterocycles. The zero-order chi connectivity index (χ0) is 23.2. The van der Waals surface area contributed by atoms with E-state index in [4.69, 9.17) is 4.74 Å². The molecule has 0 saturated carbocycles. The average molecular weight is 432 g/mol. The molecule has 1 heterocycles. The van der Waals surface area contributed by atoms with Gasteiger partial charge >= 0.3 is 0 Å². The fraction of sp³-hybridized carbons (Fsp3) is 0.222. The summed E-state index contributed by atoms with van der Waals surface area (Å²) in [5.41, 5.74) is 2.97. The molecule has 0 bridgehead atoms. The lowest BCUT2D eigenvalue weighted by molar-refractivity contribution is 0.0785. The van der Waals surface area contributed by atoms with Gasteiger partial charge in [-0.25, -0.2) is 4.39 Å². The molecule has 3 aromatic carbocycles. The van der Waals surface area contributed by atoms with Gasteiger partial charge in [-0.15, -0.1) is 0 Å². The van der Waals surface area contributed by atoms with Crippen LogP contribution in [0.25, 0.3) is 16.6 Å². The van der Waals surface area contributed by atoms with Crippen LogP contribution in [0.3, 0.4) is 0 Å². The summed E-state index contributed by atoms with van der Waals surface area (Å²) in [6.45, 7) is 8.82. The summed E-state index contributed by atoms with van der Waals surface area (Å²) in [4.78, 5) is 12.7. The molecular formula is C27H26FNO3. The van der Waals surface area contributed by atoms with Crippen molar-refractivity contribution in [1.29, 1.82) is 0 Å². The van der Waals surface area contributed by atoms with E-state index in [-0.39, 0.29) is 11.2 Å². The van der Waals surface area contributed by atoms with E-state index in [9.17, 15) is 14.3 Å². The third kappa shape index (κ3) is 3.92. The number of aromatic nitrogens is 1. The molecule has 4 rings (SSSR count). The fourth-order valence-corrected chi connectivity index (χ4v) is 3.95. The molecule has 0 radical (unpaired) electrons. The Kier molecular flexibility index (Phi) is 5.39. The molecule has 0 atom stereocenters. The number of halogens is 1. The van der Waals surface area contributed by atoms with Crippen molar-refractivity contribution in [3.63, 3.8) is 0 Å². The molecule has 164 valence electrons. The van der Waals surface area contributed by atoms with Crippen LogP contribution in [0.5, 0.6) is 11.5 Å². The Bertz CT molecular complexity index is 1370. The van der Waals surface area contributed by atoms with E-state index in [1.165, 1.54) is 12.1 Å². The maximum Gasteiger partial charge on any atom is 0.192 e. The van der Waals surface area contributed by atoms with Crippen LogP contribution in [0.1, 0.15) is 36.1 Å². The summed E-state index contributed by atoms with van der Waals surface area (Å²) >= 11 is 0. The monoisotopic (exact) mass is 431 g/mol. The van der Waals surface area contributed by atoms with Crippen molar-refractivity contribution < 1.29 is 14.2 Å². The van der Waals surface area contributed by atoms with Crippen molar-refractivity contribution in [3.05, 3.63) is 99.1 Å². The molecule has 4 nitrogen and oxygen atoms in total. The molecule has 0 aliphatic rings. The summed E-state index contributed by atoms with van der Waals surface area (Å²) < 4.78 is 22.0. The first kappa shape index (κ1) is 21.8. The molecule has 0 amide bonds. The van der Waals surface area contributed by atoms with Gasteiger partial charge in [-0.05, 0) is 87.7 Å². The standard InChI is InChI=1S/C27H26FNO3/c1-16-12-20(28)13-17(2)26(16)32-24-11-10-19(27(4,5)31)14-23(24)29-15-18(3)25(30)21-8-6-7-9-22(21)29/h6-15,31H,1-5H3. The number of hydrogen-bond acceptors (Lipinski definition) is 3. The second kappa shape index (κ2) is 7.92. The second-order valence-electron chi connectivity index (χ2n) is 8.74. The van der Waals surface area contributed by atoms with Gasteiger partial charge < -0.3 is 14.4 Å². The Hall–Kier alpha value is -3.44. The van der Waals surface area contributed by atoms with Crippen LogP contribution in [0.2, 0.25) is 0 Å². The lowest BCUT2D eigenvalue weighted by atomic mass is 9.97. The molecular weight excluding hydrogens is 405 g/mol. The lowest BCUT2D eigenvalue weighted by Crippen LogP contribution is -2.17. The van der Waals surface area contributed by atoms with Crippen LogP contribution >= 0.6 is 0 Å². The number of para-hydroxylation sites is 1. The first-order valence-corrected chi connectivity index (χ1v) is 10.5.